The van der Waals surface area contributed by atoms with Crippen LogP contribution < -0.4 is 10.0 Å². The Hall–Kier alpha value is -1.32. The molecule has 0 amide bonds. The molecule has 0 fully saturated rings. The molecule has 0 aliphatic heterocycles. The number of rotatable bonds is 8. The van der Waals surface area contributed by atoms with E-state index in [-0.39, 0.29) is 16.3 Å². The smallest absolute Gasteiger partial charge is 0.293 e. The maximum absolute atomic E-state index is 12.0. The lowest BCUT2D eigenvalue weighted by molar-refractivity contribution is -0.384. The third kappa shape index (κ3) is 4.36. The van der Waals surface area contributed by atoms with Crippen molar-refractivity contribution in [2.45, 2.75) is 11.3 Å². The second-order valence-electron chi connectivity index (χ2n) is 3.93. The molecule has 2 N–H and O–H groups in total. The number of hydrogen-bond acceptors (Lipinski definition) is 6. The van der Waals surface area contributed by atoms with E-state index >= 15 is 0 Å². The molecule has 1 aromatic carbocycles. The second-order valence-corrected chi connectivity index (χ2v) is 6.68. The summed E-state index contributed by atoms with van der Waals surface area (Å²) >= 11 is 1.63. The third-order valence-corrected chi connectivity index (χ3v) is 4.72. The molecule has 1 rings (SSSR count). The minimum atomic E-state index is -3.71. The molecule has 0 unspecified atom stereocenters. The fourth-order valence-electron chi connectivity index (χ4n) is 1.55. The van der Waals surface area contributed by atoms with E-state index in [4.69, 9.17) is 0 Å². The van der Waals surface area contributed by atoms with Gasteiger partial charge in [-0.05, 0) is 30.6 Å². The van der Waals surface area contributed by atoms with Gasteiger partial charge in [-0.3, -0.25) is 10.1 Å². The Labute approximate surface area is 122 Å². The standard InChI is InChI=1S/C11H17N3O4S2/c1-12-10-5-4-9(8-11(10)14(15)16)20(17,18)13-6-3-7-19-2/h4-5,8,12-13H,3,6-7H2,1-2H3. The van der Waals surface area contributed by atoms with Crippen molar-refractivity contribution >= 4 is 33.2 Å². The SMILES string of the molecule is CNc1ccc(S(=O)(=O)NCCCSC)cc1[N+](=O)[O-]. The van der Waals surface area contributed by atoms with Crippen molar-refractivity contribution < 1.29 is 13.3 Å². The predicted octanol–water partition coefficient (Wildman–Crippen LogP) is 1.67. The summed E-state index contributed by atoms with van der Waals surface area (Å²) in [6, 6.07) is 3.78. The van der Waals surface area contributed by atoms with E-state index in [1.54, 1.807) is 11.8 Å². The number of sulfonamides is 1. The van der Waals surface area contributed by atoms with Crippen LogP contribution in [0.1, 0.15) is 6.42 Å². The molecule has 20 heavy (non-hydrogen) atoms. The van der Waals surface area contributed by atoms with Crippen molar-refractivity contribution in [2.24, 2.45) is 0 Å². The highest BCUT2D eigenvalue weighted by Crippen LogP contribution is 2.26. The van der Waals surface area contributed by atoms with Crippen molar-refractivity contribution in [1.82, 2.24) is 4.72 Å². The van der Waals surface area contributed by atoms with Crippen molar-refractivity contribution in [3.8, 4) is 0 Å². The maximum atomic E-state index is 12.0. The molecular formula is C11H17N3O4S2. The lowest BCUT2D eigenvalue weighted by atomic mass is 10.3. The number of benzene rings is 1. The average molecular weight is 319 g/mol. The highest BCUT2D eigenvalue weighted by atomic mass is 32.2. The monoisotopic (exact) mass is 319 g/mol. The van der Waals surface area contributed by atoms with Crippen molar-refractivity contribution in [3.05, 3.63) is 28.3 Å². The lowest BCUT2D eigenvalue weighted by Gasteiger charge is -2.08. The van der Waals surface area contributed by atoms with E-state index in [1.165, 1.54) is 19.2 Å². The zero-order chi connectivity index (χ0) is 15.2. The number of anilines is 1. The number of hydrogen-bond donors (Lipinski definition) is 2. The van der Waals surface area contributed by atoms with Gasteiger partial charge in [0.15, 0.2) is 0 Å². The summed E-state index contributed by atoms with van der Waals surface area (Å²) in [5.41, 5.74) is 0.0100. The maximum Gasteiger partial charge on any atom is 0.293 e. The minimum absolute atomic E-state index is 0.104. The number of nitro benzene ring substituents is 1. The quantitative estimate of drug-likeness (QED) is 0.429. The van der Waals surface area contributed by atoms with Crippen LogP contribution in [-0.4, -0.2) is 38.9 Å². The molecule has 0 atom stereocenters. The van der Waals surface area contributed by atoms with E-state index in [0.29, 0.717) is 13.0 Å². The van der Waals surface area contributed by atoms with Crippen LogP contribution in [0.4, 0.5) is 11.4 Å². The number of nitrogens with one attached hydrogen (secondary N) is 2. The average Bonchev–Trinajstić information content (AvgIpc) is 2.42. The van der Waals surface area contributed by atoms with Gasteiger partial charge < -0.3 is 5.32 Å². The summed E-state index contributed by atoms with van der Waals surface area (Å²) in [6.07, 6.45) is 2.64. The Balaban J connectivity index is 2.95. The Morgan fingerprint density at radius 3 is 2.65 bits per heavy atom. The van der Waals surface area contributed by atoms with Crippen molar-refractivity contribution in [1.29, 1.82) is 0 Å². The van der Waals surface area contributed by atoms with Gasteiger partial charge in [0.2, 0.25) is 10.0 Å². The van der Waals surface area contributed by atoms with Crippen molar-refractivity contribution in [3.63, 3.8) is 0 Å². The molecule has 112 valence electrons. The van der Waals surface area contributed by atoms with Gasteiger partial charge in [-0.25, -0.2) is 13.1 Å². The molecule has 0 aromatic heterocycles. The Morgan fingerprint density at radius 1 is 1.40 bits per heavy atom. The van der Waals surface area contributed by atoms with E-state index in [2.05, 4.69) is 10.0 Å². The van der Waals surface area contributed by atoms with Gasteiger partial charge in [0.05, 0.1) is 9.82 Å². The molecule has 0 bridgehead atoms. The van der Waals surface area contributed by atoms with E-state index in [0.717, 1.165) is 11.8 Å². The Bertz CT molecular complexity index is 575. The number of nitro groups is 1. The summed E-state index contributed by atoms with van der Waals surface area (Å²) in [5.74, 6) is 0.849. The van der Waals surface area contributed by atoms with Crippen LogP contribution in [0.2, 0.25) is 0 Å². The highest BCUT2D eigenvalue weighted by molar-refractivity contribution is 7.98. The molecule has 0 heterocycles. The lowest BCUT2D eigenvalue weighted by Crippen LogP contribution is -2.25. The fraction of sp³-hybridized carbons (Fsp3) is 0.455. The van der Waals surface area contributed by atoms with Gasteiger partial charge >= 0.3 is 0 Å². The minimum Gasteiger partial charge on any atom is -0.383 e. The summed E-state index contributed by atoms with van der Waals surface area (Å²) in [5, 5.41) is 13.6. The summed E-state index contributed by atoms with van der Waals surface area (Å²) < 4.78 is 26.4. The van der Waals surface area contributed by atoms with Gasteiger partial charge in [0, 0.05) is 19.7 Å². The molecule has 0 aliphatic rings. The normalized spacial score (nSPS) is 11.3. The second kappa shape index (κ2) is 7.46. The third-order valence-electron chi connectivity index (χ3n) is 2.56. The van der Waals surface area contributed by atoms with E-state index in [9.17, 15) is 18.5 Å². The fourth-order valence-corrected chi connectivity index (χ4v) is 3.07. The van der Waals surface area contributed by atoms with Crippen molar-refractivity contribution in [2.75, 3.05) is 30.9 Å². The zero-order valence-corrected chi connectivity index (χ0v) is 12.9. The van der Waals surface area contributed by atoms with E-state index < -0.39 is 14.9 Å². The zero-order valence-electron chi connectivity index (χ0n) is 11.3. The van der Waals surface area contributed by atoms with Gasteiger partial charge in [-0.15, -0.1) is 0 Å². The first-order valence-electron chi connectivity index (χ1n) is 5.87. The first kappa shape index (κ1) is 16.7. The van der Waals surface area contributed by atoms with Crippen LogP contribution in [0.25, 0.3) is 0 Å². The molecule has 0 saturated carbocycles. The van der Waals surface area contributed by atoms with Crippen LogP contribution in [0, 0.1) is 10.1 Å². The summed E-state index contributed by atoms with van der Waals surface area (Å²) in [4.78, 5) is 10.2. The van der Waals surface area contributed by atoms with E-state index in [1.807, 2.05) is 6.26 Å². The first-order chi connectivity index (χ1) is 9.42. The Morgan fingerprint density at radius 2 is 2.10 bits per heavy atom. The van der Waals surface area contributed by atoms with Gasteiger partial charge in [-0.1, -0.05) is 0 Å². The molecule has 7 nitrogen and oxygen atoms in total. The summed E-state index contributed by atoms with van der Waals surface area (Å²) in [7, 11) is -2.17. The van der Waals surface area contributed by atoms with Gasteiger partial charge in [0.25, 0.3) is 5.69 Å². The topological polar surface area (TPSA) is 101 Å². The van der Waals surface area contributed by atoms with Crippen LogP contribution in [0.5, 0.6) is 0 Å². The number of thioether (sulfide) groups is 1. The predicted molar refractivity (Wildman–Crippen MR) is 80.8 cm³/mol. The molecule has 1 aromatic rings. The molecule has 0 spiro atoms. The number of nitrogens with zero attached hydrogens (tertiary/aromatic N) is 1. The Kier molecular flexibility index (Phi) is 6.24. The van der Waals surface area contributed by atoms with Gasteiger partial charge in [-0.2, -0.15) is 11.8 Å². The van der Waals surface area contributed by atoms with Crippen LogP contribution in [0.15, 0.2) is 23.1 Å². The molecule has 0 saturated heterocycles. The summed E-state index contributed by atoms with van der Waals surface area (Å²) in [6.45, 7) is 0.310. The van der Waals surface area contributed by atoms with Crippen LogP contribution in [0.3, 0.4) is 0 Å². The highest BCUT2D eigenvalue weighted by Gasteiger charge is 2.20. The molecule has 0 radical (unpaired) electrons. The molecule has 0 aliphatic carbocycles. The van der Waals surface area contributed by atoms with Crippen LogP contribution >= 0.6 is 11.8 Å². The molecular weight excluding hydrogens is 302 g/mol. The largest absolute Gasteiger partial charge is 0.383 e. The molecule has 9 heteroatoms. The van der Waals surface area contributed by atoms with Gasteiger partial charge in [0.1, 0.15) is 5.69 Å². The van der Waals surface area contributed by atoms with Crippen LogP contribution in [-0.2, 0) is 10.0 Å². The first-order valence-corrected chi connectivity index (χ1v) is 8.75.